The van der Waals surface area contributed by atoms with Crippen LogP contribution in [0.4, 0.5) is 0 Å². The van der Waals surface area contributed by atoms with Gasteiger partial charge in [-0.25, -0.2) is 0 Å². The summed E-state index contributed by atoms with van der Waals surface area (Å²) in [6.07, 6.45) is 1.04. The molecule has 0 saturated carbocycles. The smallest absolute Gasteiger partial charge is 0.119 e. The van der Waals surface area contributed by atoms with Gasteiger partial charge in [0.1, 0.15) is 5.75 Å². The van der Waals surface area contributed by atoms with Crippen LogP contribution in [0.15, 0.2) is 30.3 Å². The Balaban J connectivity index is 2.18. The van der Waals surface area contributed by atoms with Gasteiger partial charge in [-0.1, -0.05) is 32.0 Å². The first-order valence-electron chi connectivity index (χ1n) is 6.82. The molecule has 0 heterocycles. The van der Waals surface area contributed by atoms with E-state index in [1.54, 1.807) is 0 Å². The quantitative estimate of drug-likeness (QED) is 0.684. The van der Waals surface area contributed by atoms with E-state index in [1.165, 1.54) is 0 Å². The molecule has 0 saturated heterocycles. The van der Waals surface area contributed by atoms with Crippen LogP contribution in [-0.4, -0.2) is 37.7 Å². The van der Waals surface area contributed by atoms with Crippen molar-refractivity contribution in [1.29, 1.82) is 0 Å². The van der Waals surface area contributed by atoms with E-state index in [1.807, 2.05) is 30.3 Å². The lowest BCUT2D eigenvalue weighted by Crippen LogP contribution is -2.34. The number of hydrogen-bond donors (Lipinski definition) is 1. The van der Waals surface area contributed by atoms with Crippen LogP contribution in [0.2, 0.25) is 0 Å². The average molecular weight is 250 g/mol. The van der Waals surface area contributed by atoms with E-state index < -0.39 is 0 Å². The Hall–Kier alpha value is -1.06. The van der Waals surface area contributed by atoms with Crippen molar-refractivity contribution in [3.63, 3.8) is 0 Å². The number of para-hydroxylation sites is 1. The number of rotatable bonds is 9. The number of hydrogen-bond acceptors (Lipinski definition) is 3. The Bertz CT molecular complexity index is 301. The molecular weight excluding hydrogens is 224 g/mol. The zero-order chi connectivity index (χ0) is 13.2. The molecule has 0 bridgehead atoms. The molecule has 0 aromatic heterocycles. The van der Waals surface area contributed by atoms with Crippen LogP contribution in [0.25, 0.3) is 0 Å². The SMILES string of the molecule is CC(C)CN(CCN)CCCOc1ccccc1. The predicted octanol–water partition coefficient (Wildman–Crippen LogP) is 2.37. The first kappa shape index (κ1) is 15.0. The minimum absolute atomic E-state index is 0.687. The third-order valence-electron chi connectivity index (χ3n) is 2.70. The summed E-state index contributed by atoms with van der Waals surface area (Å²) in [4.78, 5) is 2.42. The van der Waals surface area contributed by atoms with Gasteiger partial charge in [-0.2, -0.15) is 0 Å². The van der Waals surface area contributed by atoms with E-state index in [4.69, 9.17) is 10.5 Å². The van der Waals surface area contributed by atoms with E-state index in [0.717, 1.165) is 45.0 Å². The number of benzene rings is 1. The fourth-order valence-electron chi connectivity index (χ4n) is 1.99. The zero-order valence-corrected chi connectivity index (χ0v) is 11.6. The third-order valence-corrected chi connectivity index (χ3v) is 2.70. The Labute approximate surface area is 111 Å². The molecule has 1 rings (SSSR count). The van der Waals surface area contributed by atoms with Gasteiger partial charge in [0.2, 0.25) is 0 Å². The maximum absolute atomic E-state index is 5.68. The summed E-state index contributed by atoms with van der Waals surface area (Å²) in [6, 6.07) is 9.97. The lowest BCUT2D eigenvalue weighted by atomic mass is 10.2. The van der Waals surface area contributed by atoms with E-state index in [9.17, 15) is 0 Å². The van der Waals surface area contributed by atoms with Crippen LogP contribution in [0, 0.1) is 5.92 Å². The average Bonchev–Trinajstić information content (AvgIpc) is 2.35. The summed E-state index contributed by atoms with van der Waals surface area (Å²) in [5, 5.41) is 0. The van der Waals surface area contributed by atoms with Crippen LogP contribution in [-0.2, 0) is 0 Å². The van der Waals surface area contributed by atoms with Crippen molar-refractivity contribution < 1.29 is 4.74 Å². The summed E-state index contributed by atoms with van der Waals surface area (Å²) in [6.45, 7) is 9.12. The minimum Gasteiger partial charge on any atom is -0.494 e. The molecule has 0 amide bonds. The van der Waals surface area contributed by atoms with Crippen molar-refractivity contribution in [3.8, 4) is 5.75 Å². The van der Waals surface area contributed by atoms with Gasteiger partial charge >= 0.3 is 0 Å². The molecule has 1 aromatic carbocycles. The van der Waals surface area contributed by atoms with Gasteiger partial charge in [0.25, 0.3) is 0 Å². The summed E-state index contributed by atoms with van der Waals surface area (Å²) < 4.78 is 5.68. The second-order valence-corrected chi connectivity index (χ2v) is 5.00. The predicted molar refractivity (Wildman–Crippen MR) is 76.9 cm³/mol. The van der Waals surface area contributed by atoms with Gasteiger partial charge in [0.15, 0.2) is 0 Å². The highest BCUT2D eigenvalue weighted by molar-refractivity contribution is 5.20. The van der Waals surface area contributed by atoms with Crippen LogP contribution in [0.5, 0.6) is 5.75 Å². The fourth-order valence-corrected chi connectivity index (χ4v) is 1.99. The summed E-state index contributed by atoms with van der Waals surface area (Å²) in [5.41, 5.74) is 5.63. The van der Waals surface area contributed by atoms with Crippen LogP contribution in [0.3, 0.4) is 0 Å². The first-order chi connectivity index (χ1) is 8.72. The van der Waals surface area contributed by atoms with Crippen molar-refractivity contribution in [3.05, 3.63) is 30.3 Å². The Kier molecular flexibility index (Phi) is 7.46. The molecule has 3 nitrogen and oxygen atoms in total. The molecule has 0 unspecified atom stereocenters. The van der Waals surface area contributed by atoms with Gasteiger partial charge in [0.05, 0.1) is 6.61 Å². The first-order valence-corrected chi connectivity index (χ1v) is 6.82. The molecular formula is C15H26N2O. The van der Waals surface area contributed by atoms with Crippen LogP contribution in [0.1, 0.15) is 20.3 Å². The molecule has 3 heteroatoms. The highest BCUT2D eigenvalue weighted by atomic mass is 16.5. The largest absolute Gasteiger partial charge is 0.494 e. The van der Waals surface area contributed by atoms with Crippen molar-refractivity contribution in [1.82, 2.24) is 4.90 Å². The van der Waals surface area contributed by atoms with Gasteiger partial charge in [-0.15, -0.1) is 0 Å². The third kappa shape index (κ3) is 6.62. The van der Waals surface area contributed by atoms with Gasteiger partial charge in [0, 0.05) is 26.2 Å². The highest BCUT2D eigenvalue weighted by Crippen LogP contribution is 2.08. The zero-order valence-electron chi connectivity index (χ0n) is 11.6. The normalized spacial score (nSPS) is 11.2. The van der Waals surface area contributed by atoms with Crippen molar-refractivity contribution in [2.45, 2.75) is 20.3 Å². The van der Waals surface area contributed by atoms with Crippen LogP contribution < -0.4 is 10.5 Å². The Morgan fingerprint density at radius 3 is 2.50 bits per heavy atom. The van der Waals surface area contributed by atoms with E-state index >= 15 is 0 Å². The number of ether oxygens (including phenoxy) is 1. The highest BCUT2D eigenvalue weighted by Gasteiger charge is 2.05. The molecule has 2 N–H and O–H groups in total. The molecule has 18 heavy (non-hydrogen) atoms. The van der Waals surface area contributed by atoms with Crippen molar-refractivity contribution >= 4 is 0 Å². The van der Waals surface area contributed by atoms with Crippen molar-refractivity contribution in [2.75, 3.05) is 32.8 Å². The minimum atomic E-state index is 0.687. The second-order valence-electron chi connectivity index (χ2n) is 5.00. The summed E-state index contributed by atoms with van der Waals surface area (Å²) in [7, 11) is 0. The standard InChI is InChI=1S/C15H26N2O/c1-14(2)13-17(11-9-16)10-6-12-18-15-7-4-3-5-8-15/h3-5,7-8,14H,6,9-13,16H2,1-2H3. The van der Waals surface area contributed by atoms with Gasteiger partial charge in [-0.05, 0) is 24.5 Å². The molecule has 0 atom stereocenters. The second kappa shape index (κ2) is 8.95. The number of nitrogens with two attached hydrogens (primary N) is 1. The number of nitrogens with zero attached hydrogens (tertiary/aromatic N) is 1. The van der Waals surface area contributed by atoms with Crippen LogP contribution >= 0.6 is 0 Å². The molecule has 0 radical (unpaired) electrons. The van der Waals surface area contributed by atoms with E-state index in [-0.39, 0.29) is 0 Å². The lowest BCUT2D eigenvalue weighted by molar-refractivity contribution is 0.220. The van der Waals surface area contributed by atoms with Crippen molar-refractivity contribution in [2.24, 2.45) is 11.7 Å². The maximum Gasteiger partial charge on any atom is 0.119 e. The summed E-state index contributed by atoms with van der Waals surface area (Å²) >= 11 is 0. The topological polar surface area (TPSA) is 38.5 Å². The Morgan fingerprint density at radius 2 is 1.89 bits per heavy atom. The van der Waals surface area contributed by atoms with E-state index in [0.29, 0.717) is 5.92 Å². The molecule has 0 aliphatic carbocycles. The fraction of sp³-hybridized carbons (Fsp3) is 0.600. The van der Waals surface area contributed by atoms with Gasteiger partial charge in [-0.3, -0.25) is 0 Å². The molecule has 0 spiro atoms. The summed E-state index contributed by atoms with van der Waals surface area (Å²) in [5.74, 6) is 1.64. The molecule has 102 valence electrons. The van der Waals surface area contributed by atoms with E-state index in [2.05, 4.69) is 18.7 Å². The Morgan fingerprint density at radius 1 is 1.17 bits per heavy atom. The molecule has 0 fully saturated rings. The maximum atomic E-state index is 5.68. The molecule has 0 aliphatic heterocycles. The van der Waals surface area contributed by atoms with Gasteiger partial charge < -0.3 is 15.4 Å². The lowest BCUT2D eigenvalue weighted by Gasteiger charge is -2.23. The monoisotopic (exact) mass is 250 g/mol. The molecule has 1 aromatic rings. The molecule has 0 aliphatic rings.